The first-order valence-electron chi connectivity index (χ1n) is 6.83. The third kappa shape index (κ3) is 3.97. The van der Waals surface area contributed by atoms with E-state index in [2.05, 4.69) is 10.1 Å². The minimum atomic E-state index is -4.31. The van der Waals surface area contributed by atoms with Gasteiger partial charge in [0.25, 0.3) is 0 Å². The summed E-state index contributed by atoms with van der Waals surface area (Å²) in [4.78, 5) is 11.4. The fourth-order valence-corrected chi connectivity index (χ4v) is 2.47. The molecule has 3 nitrogen and oxygen atoms in total. The third-order valence-electron chi connectivity index (χ3n) is 3.97. The Hall–Kier alpha value is -1.56. The van der Waals surface area contributed by atoms with Crippen LogP contribution in [-0.4, -0.2) is 18.6 Å². The molecular weight excluding hydrogens is 283 g/mol. The molecule has 0 bridgehead atoms. The number of rotatable bonds is 5. The number of carbonyl (C=O) groups excluding carboxylic acids is 1. The van der Waals surface area contributed by atoms with E-state index in [0.717, 1.165) is 37.0 Å². The maximum atomic E-state index is 12.5. The summed E-state index contributed by atoms with van der Waals surface area (Å²) in [6.45, 7) is 0.440. The smallest absolute Gasteiger partial charge is 0.416 e. The fourth-order valence-electron chi connectivity index (χ4n) is 2.47. The van der Waals surface area contributed by atoms with Gasteiger partial charge in [-0.15, -0.1) is 0 Å². The molecular formula is C15H18F3NO2. The lowest BCUT2D eigenvalue weighted by atomic mass is 9.74. The van der Waals surface area contributed by atoms with E-state index >= 15 is 0 Å². The van der Waals surface area contributed by atoms with E-state index in [9.17, 15) is 18.0 Å². The molecule has 1 aromatic rings. The van der Waals surface area contributed by atoms with Crippen LogP contribution in [0.15, 0.2) is 24.3 Å². The van der Waals surface area contributed by atoms with Gasteiger partial charge in [-0.3, -0.25) is 4.79 Å². The summed E-state index contributed by atoms with van der Waals surface area (Å²) in [5.41, 5.74) is -0.159. The molecule has 116 valence electrons. The predicted molar refractivity (Wildman–Crippen MR) is 71.5 cm³/mol. The Morgan fingerprint density at radius 1 is 1.29 bits per heavy atom. The van der Waals surface area contributed by atoms with Crippen LogP contribution < -0.4 is 5.32 Å². The van der Waals surface area contributed by atoms with Crippen LogP contribution in [0.4, 0.5) is 13.2 Å². The fraction of sp³-hybridized carbons (Fsp3) is 0.533. The monoisotopic (exact) mass is 301 g/mol. The molecule has 0 unspecified atom stereocenters. The topological polar surface area (TPSA) is 38.3 Å². The summed E-state index contributed by atoms with van der Waals surface area (Å²) in [6, 6.07) is 5.07. The Kier molecular flexibility index (Phi) is 4.56. The molecule has 2 rings (SSSR count). The lowest BCUT2D eigenvalue weighted by Gasteiger charge is -2.42. The van der Waals surface area contributed by atoms with E-state index in [-0.39, 0.29) is 11.5 Å². The van der Waals surface area contributed by atoms with Gasteiger partial charge >= 0.3 is 12.1 Å². The van der Waals surface area contributed by atoms with Crippen LogP contribution in [0.1, 0.15) is 36.8 Å². The van der Waals surface area contributed by atoms with Gasteiger partial charge < -0.3 is 10.1 Å². The highest BCUT2D eigenvalue weighted by Crippen LogP contribution is 2.35. The summed E-state index contributed by atoms with van der Waals surface area (Å²) in [5, 5.41) is 3.29. The molecule has 6 heteroatoms. The number of alkyl halides is 3. The van der Waals surface area contributed by atoms with Crippen molar-refractivity contribution in [3.05, 3.63) is 35.4 Å². The van der Waals surface area contributed by atoms with Gasteiger partial charge in [0.2, 0.25) is 0 Å². The van der Waals surface area contributed by atoms with Crippen molar-refractivity contribution in [1.82, 2.24) is 5.32 Å². The summed E-state index contributed by atoms with van der Waals surface area (Å²) < 4.78 is 42.1. The average Bonchev–Trinajstić information content (AvgIpc) is 2.40. The lowest BCUT2D eigenvalue weighted by molar-refractivity contribution is -0.143. The zero-order valence-electron chi connectivity index (χ0n) is 11.8. The van der Waals surface area contributed by atoms with Gasteiger partial charge in [-0.2, -0.15) is 13.2 Å². The molecule has 0 atom stereocenters. The second-order valence-electron chi connectivity index (χ2n) is 5.44. The summed E-state index contributed by atoms with van der Waals surface area (Å²) in [7, 11) is 1.35. The number of ether oxygens (including phenoxy) is 1. The van der Waals surface area contributed by atoms with Crippen LogP contribution in [-0.2, 0) is 22.3 Å². The number of nitrogens with one attached hydrogen (secondary N) is 1. The second kappa shape index (κ2) is 6.05. The van der Waals surface area contributed by atoms with Crippen molar-refractivity contribution in [2.75, 3.05) is 7.11 Å². The Bertz CT molecular complexity index is 493. The molecule has 0 heterocycles. The Balaban J connectivity index is 1.94. The highest BCUT2D eigenvalue weighted by molar-refractivity contribution is 5.71. The van der Waals surface area contributed by atoms with Crippen molar-refractivity contribution < 1.29 is 22.7 Å². The van der Waals surface area contributed by atoms with Crippen molar-refractivity contribution in [3.63, 3.8) is 0 Å². The first kappa shape index (κ1) is 15.8. The van der Waals surface area contributed by atoms with Crippen LogP contribution >= 0.6 is 0 Å². The number of benzene rings is 1. The maximum Gasteiger partial charge on any atom is 0.416 e. The number of esters is 1. The Morgan fingerprint density at radius 2 is 1.90 bits per heavy atom. The summed E-state index contributed by atoms with van der Waals surface area (Å²) >= 11 is 0. The molecule has 0 aliphatic heterocycles. The van der Waals surface area contributed by atoms with E-state index in [1.807, 2.05) is 0 Å². The van der Waals surface area contributed by atoms with E-state index in [1.54, 1.807) is 0 Å². The SMILES string of the molecule is COC(=O)CC1(NCc2ccc(C(F)(F)F)cc2)CCC1. The van der Waals surface area contributed by atoms with Crippen LogP contribution in [0.5, 0.6) is 0 Å². The number of halogens is 3. The number of hydrogen-bond acceptors (Lipinski definition) is 3. The van der Waals surface area contributed by atoms with Crippen LogP contribution in [0.25, 0.3) is 0 Å². The molecule has 0 aromatic heterocycles. The lowest BCUT2D eigenvalue weighted by Crippen LogP contribution is -2.52. The molecule has 1 aliphatic rings. The molecule has 1 aliphatic carbocycles. The Labute approximate surface area is 121 Å². The molecule has 0 radical (unpaired) electrons. The van der Waals surface area contributed by atoms with Gasteiger partial charge in [0.15, 0.2) is 0 Å². The van der Waals surface area contributed by atoms with Crippen LogP contribution in [0.2, 0.25) is 0 Å². The molecule has 1 aromatic carbocycles. The van der Waals surface area contributed by atoms with Crippen molar-refractivity contribution >= 4 is 5.97 Å². The second-order valence-corrected chi connectivity index (χ2v) is 5.44. The molecule has 1 N–H and O–H groups in total. The first-order valence-corrected chi connectivity index (χ1v) is 6.83. The molecule has 21 heavy (non-hydrogen) atoms. The zero-order chi connectivity index (χ0) is 15.5. The highest BCUT2D eigenvalue weighted by Gasteiger charge is 2.38. The molecule has 0 saturated heterocycles. The van der Waals surface area contributed by atoms with Crippen molar-refractivity contribution in [1.29, 1.82) is 0 Å². The molecule has 0 spiro atoms. The minimum absolute atomic E-state index is 0.268. The molecule has 1 fully saturated rings. The van der Waals surface area contributed by atoms with Crippen LogP contribution in [0.3, 0.4) is 0 Å². The van der Waals surface area contributed by atoms with Gasteiger partial charge in [0, 0.05) is 12.1 Å². The average molecular weight is 301 g/mol. The third-order valence-corrected chi connectivity index (χ3v) is 3.97. The van der Waals surface area contributed by atoms with Gasteiger partial charge in [-0.25, -0.2) is 0 Å². The largest absolute Gasteiger partial charge is 0.469 e. The zero-order valence-corrected chi connectivity index (χ0v) is 11.8. The van der Waals surface area contributed by atoms with Gasteiger partial charge in [-0.05, 0) is 37.0 Å². The van der Waals surface area contributed by atoms with Crippen molar-refractivity contribution in [3.8, 4) is 0 Å². The summed E-state index contributed by atoms with van der Waals surface area (Å²) in [5.74, 6) is -0.269. The van der Waals surface area contributed by atoms with E-state index in [0.29, 0.717) is 13.0 Å². The standard InChI is InChI=1S/C15H18F3NO2/c1-21-13(20)9-14(7-2-8-14)19-10-11-3-5-12(6-4-11)15(16,17)18/h3-6,19H,2,7-10H2,1H3. The maximum absolute atomic E-state index is 12.5. The molecule has 0 amide bonds. The Morgan fingerprint density at radius 3 is 2.33 bits per heavy atom. The highest BCUT2D eigenvalue weighted by atomic mass is 19.4. The normalized spacial score (nSPS) is 17.1. The number of methoxy groups -OCH3 is 1. The van der Waals surface area contributed by atoms with Crippen molar-refractivity contribution in [2.24, 2.45) is 0 Å². The van der Waals surface area contributed by atoms with E-state index < -0.39 is 11.7 Å². The van der Waals surface area contributed by atoms with E-state index in [1.165, 1.54) is 19.2 Å². The van der Waals surface area contributed by atoms with E-state index in [4.69, 9.17) is 0 Å². The molecule has 1 saturated carbocycles. The van der Waals surface area contributed by atoms with Gasteiger partial charge in [-0.1, -0.05) is 12.1 Å². The van der Waals surface area contributed by atoms with Crippen LogP contribution in [0, 0.1) is 0 Å². The van der Waals surface area contributed by atoms with Gasteiger partial charge in [0.05, 0.1) is 19.1 Å². The quantitative estimate of drug-likeness (QED) is 0.848. The minimum Gasteiger partial charge on any atom is -0.469 e. The number of hydrogen-bond donors (Lipinski definition) is 1. The number of carbonyl (C=O) groups is 1. The van der Waals surface area contributed by atoms with Crippen molar-refractivity contribution in [2.45, 2.75) is 43.9 Å². The first-order chi connectivity index (χ1) is 9.85. The summed E-state index contributed by atoms with van der Waals surface area (Å²) in [6.07, 6.45) is -1.22. The predicted octanol–water partition coefficient (Wildman–Crippen LogP) is 3.28. The van der Waals surface area contributed by atoms with Gasteiger partial charge in [0.1, 0.15) is 0 Å².